The second-order valence-electron chi connectivity index (χ2n) is 5.54. The van der Waals surface area contributed by atoms with E-state index >= 15 is 0 Å². The summed E-state index contributed by atoms with van der Waals surface area (Å²) in [5.41, 5.74) is 10.1. The Hall–Kier alpha value is -2.20. The van der Waals surface area contributed by atoms with Crippen LogP contribution in [-0.4, -0.2) is 23.5 Å². The molecule has 0 bridgehead atoms. The SMILES string of the molecule is Cc1cccnc1CC(=O)N1CC(N)Cc2ccccc21. The molecular weight excluding hydrogens is 262 g/mol. The summed E-state index contributed by atoms with van der Waals surface area (Å²) in [6.45, 7) is 2.55. The number of nitrogens with two attached hydrogens (primary N) is 1. The number of aryl methyl sites for hydroxylation is 1. The van der Waals surface area contributed by atoms with Crippen LogP contribution < -0.4 is 10.6 Å². The van der Waals surface area contributed by atoms with Gasteiger partial charge in [-0.05, 0) is 36.6 Å². The van der Waals surface area contributed by atoms with Crippen molar-refractivity contribution >= 4 is 11.6 Å². The van der Waals surface area contributed by atoms with Gasteiger partial charge < -0.3 is 10.6 Å². The first kappa shape index (κ1) is 13.8. The summed E-state index contributed by atoms with van der Waals surface area (Å²) in [5, 5.41) is 0. The highest BCUT2D eigenvalue weighted by Crippen LogP contribution is 2.27. The van der Waals surface area contributed by atoms with Crippen molar-refractivity contribution in [2.24, 2.45) is 5.73 Å². The highest BCUT2D eigenvalue weighted by atomic mass is 16.2. The molecule has 2 aromatic rings. The lowest BCUT2D eigenvalue weighted by Crippen LogP contribution is -2.46. The molecule has 1 aromatic carbocycles. The minimum atomic E-state index is -0.00585. The standard InChI is InChI=1S/C17H19N3O/c1-12-5-4-8-19-15(12)10-17(21)20-11-14(18)9-13-6-2-3-7-16(13)20/h2-8,14H,9-11,18H2,1H3. The molecule has 1 amide bonds. The summed E-state index contributed by atoms with van der Waals surface area (Å²) >= 11 is 0. The number of hydrogen-bond donors (Lipinski definition) is 1. The fourth-order valence-electron chi connectivity index (χ4n) is 2.80. The van der Waals surface area contributed by atoms with E-state index in [4.69, 9.17) is 5.73 Å². The Morgan fingerprint density at radius 1 is 1.33 bits per heavy atom. The lowest BCUT2D eigenvalue weighted by molar-refractivity contribution is -0.118. The fraction of sp³-hybridized carbons (Fsp3) is 0.294. The molecule has 0 saturated heterocycles. The van der Waals surface area contributed by atoms with Crippen molar-refractivity contribution in [2.45, 2.75) is 25.8 Å². The summed E-state index contributed by atoms with van der Waals surface area (Å²) in [7, 11) is 0. The van der Waals surface area contributed by atoms with E-state index in [0.717, 1.165) is 28.9 Å². The summed E-state index contributed by atoms with van der Waals surface area (Å²) in [6, 6.07) is 11.8. The van der Waals surface area contributed by atoms with Gasteiger partial charge in [0.1, 0.15) is 0 Å². The quantitative estimate of drug-likeness (QED) is 0.914. The fourth-order valence-corrected chi connectivity index (χ4v) is 2.80. The van der Waals surface area contributed by atoms with Crippen LogP contribution in [0.15, 0.2) is 42.6 Å². The van der Waals surface area contributed by atoms with Gasteiger partial charge in [0.25, 0.3) is 0 Å². The second-order valence-corrected chi connectivity index (χ2v) is 5.54. The van der Waals surface area contributed by atoms with E-state index < -0.39 is 0 Å². The van der Waals surface area contributed by atoms with Crippen LogP contribution in [-0.2, 0) is 17.6 Å². The van der Waals surface area contributed by atoms with E-state index in [1.807, 2.05) is 43.3 Å². The van der Waals surface area contributed by atoms with Crippen molar-refractivity contribution in [3.05, 3.63) is 59.4 Å². The number of benzene rings is 1. The molecule has 2 heterocycles. The third-order valence-corrected chi connectivity index (χ3v) is 3.92. The van der Waals surface area contributed by atoms with Gasteiger partial charge in [0.15, 0.2) is 0 Å². The van der Waals surface area contributed by atoms with Gasteiger partial charge in [-0.3, -0.25) is 9.78 Å². The molecular formula is C17H19N3O. The zero-order valence-corrected chi connectivity index (χ0v) is 12.1. The monoisotopic (exact) mass is 281 g/mol. The van der Waals surface area contributed by atoms with Crippen molar-refractivity contribution in [1.29, 1.82) is 0 Å². The Bertz CT molecular complexity index is 669. The number of hydrogen-bond acceptors (Lipinski definition) is 3. The normalized spacial score (nSPS) is 17.4. The highest BCUT2D eigenvalue weighted by Gasteiger charge is 2.26. The minimum absolute atomic E-state index is 0.00585. The van der Waals surface area contributed by atoms with Crippen molar-refractivity contribution < 1.29 is 4.79 Å². The van der Waals surface area contributed by atoms with E-state index in [1.54, 1.807) is 11.1 Å². The summed E-state index contributed by atoms with van der Waals surface area (Å²) in [5.74, 6) is 0.0550. The first-order chi connectivity index (χ1) is 10.1. The average Bonchev–Trinajstić information content (AvgIpc) is 2.48. The third kappa shape index (κ3) is 2.81. The second kappa shape index (κ2) is 5.66. The minimum Gasteiger partial charge on any atom is -0.326 e. The van der Waals surface area contributed by atoms with E-state index in [1.165, 1.54) is 0 Å². The topological polar surface area (TPSA) is 59.2 Å². The molecule has 0 fully saturated rings. The largest absolute Gasteiger partial charge is 0.326 e. The lowest BCUT2D eigenvalue weighted by atomic mass is 9.98. The molecule has 0 spiro atoms. The van der Waals surface area contributed by atoms with Crippen molar-refractivity contribution in [1.82, 2.24) is 4.98 Å². The molecule has 0 radical (unpaired) electrons. The summed E-state index contributed by atoms with van der Waals surface area (Å²) < 4.78 is 0. The van der Waals surface area contributed by atoms with Gasteiger partial charge in [-0.15, -0.1) is 0 Å². The van der Waals surface area contributed by atoms with Gasteiger partial charge in [0.2, 0.25) is 5.91 Å². The number of carbonyl (C=O) groups is 1. The summed E-state index contributed by atoms with van der Waals surface area (Å²) in [6.07, 6.45) is 2.86. The molecule has 0 saturated carbocycles. The van der Waals surface area contributed by atoms with Crippen molar-refractivity contribution in [3.8, 4) is 0 Å². The van der Waals surface area contributed by atoms with Gasteiger partial charge in [-0.25, -0.2) is 0 Å². The Morgan fingerprint density at radius 2 is 2.14 bits per heavy atom. The molecule has 3 rings (SSSR count). The Labute approximate surface area is 124 Å². The van der Waals surface area contributed by atoms with Gasteiger partial charge in [-0.1, -0.05) is 24.3 Å². The van der Waals surface area contributed by atoms with E-state index in [9.17, 15) is 4.79 Å². The molecule has 1 aromatic heterocycles. The number of anilines is 1. The molecule has 108 valence electrons. The molecule has 1 aliphatic rings. The first-order valence-electron chi connectivity index (χ1n) is 7.19. The maximum absolute atomic E-state index is 12.7. The zero-order valence-electron chi connectivity index (χ0n) is 12.1. The van der Waals surface area contributed by atoms with Crippen LogP contribution in [0.4, 0.5) is 5.69 Å². The average molecular weight is 281 g/mol. The van der Waals surface area contributed by atoms with Crippen LogP contribution in [0.1, 0.15) is 16.8 Å². The lowest BCUT2D eigenvalue weighted by Gasteiger charge is -2.33. The van der Waals surface area contributed by atoms with Gasteiger partial charge >= 0.3 is 0 Å². The third-order valence-electron chi connectivity index (χ3n) is 3.92. The van der Waals surface area contributed by atoms with Gasteiger partial charge in [0.05, 0.1) is 12.1 Å². The molecule has 4 heteroatoms. The molecule has 1 aliphatic heterocycles. The predicted octanol–water partition coefficient (Wildman–Crippen LogP) is 1.85. The number of aromatic nitrogens is 1. The van der Waals surface area contributed by atoms with E-state index in [0.29, 0.717) is 13.0 Å². The van der Waals surface area contributed by atoms with Crippen molar-refractivity contribution in [3.63, 3.8) is 0 Å². The maximum atomic E-state index is 12.7. The number of para-hydroxylation sites is 1. The number of carbonyl (C=O) groups excluding carboxylic acids is 1. The van der Waals surface area contributed by atoms with Crippen LogP contribution in [0.2, 0.25) is 0 Å². The number of amides is 1. The Kier molecular flexibility index (Phi) is 3.71. The zero-order chi connectivity index (χ0) is 14.8. The predicted molar refractivity (Wildman–Crippen MR) is 83.2 cm³/mol. The van der Waals surface area contributed by atoms with Gasteiger partial charge in [-0.2, -0.15) is 0 Å². The smallest absolute Gasteiger partial charge is 0.233 e. The highest BCUT2D eigenvalue weighted by molar-refractivity contribution is 5.96. The summed E-state index contributed by atoms with van der Waals surface area (Å²) in [4.78, 5) is 18.8. The molecule has 4 nitrogen and oxygen atoms in total. The van der Waals surface area contributed by atoms with Crippen LogP contribution in [0.25, 0.3) is 0 Å². The molecule has 21 heavy (non-hydrogen) atoms. The van der Waals surface area contributed by atoms with Crippen molar-refractivity contribution in [2.75, 3.05) is 11.4 Å². The van der Waals surface area contributed by atoms with Crippen LogP contribution in [0.5, 0.6) is 0 Å². The number of rotatable bonds is 2. The maximum Gasteiger partial charge on any atom is 0.233 e. The molecule has 0 aliphatic carbocycles. The molecule has 1 atom stereocenters. The molecule has 2 N–H and O–H groups in total. The van der Waals surface area contributed by atoms with E-state index in [-0.39, 0.29) is 11.9 Å². The van der Waals surface area contributed by atoms with Crippen LogP contribution in [0, 0.1) is 6.92 Å². The number of pyridine rings is 1. The Morgan fingerprint density at radius 3 is 2.95 bits per heavy atom. The van der Waals surface area contributed by atoms with Crippen LogP contribution in [0.3, 0.4) is 0 Å². The molecule has 1 unspecified atom stereocenters. The first-order valence-corrected chi connectivity index (χ1v) is 7.19. The van der Waals surface area contributed by atoms with E-state index in [2.05, 4.69) is 4.98 Å². The van der Waals surface area contributed by atoms with Gasteiger partial charge in [0, 0.05) is 24.5 Å². The number of nitrogens with zero attached hydrogens (tertiary/aromatic N) is 2. The van der Waals surface area contributed by atoms with Crippen LogP contribution >= 0.6 is 0 Å². The Balaban J connectivity index is 1.87. The number of fused-ring (bicyclic) bond motifs is 1.